The second-order valence-corrected chi connectivity index (χ2v) is 11.5. The minimum absolute atomic E-state index is 0.232. The van der Waals surface area contributed by atoms with E-state index >= 15 is 0 Å². The van der Waals surface area contributed by atoms with Crippen molar-refractivity contribution in [2.45, 2.75) is 62.6 Å². The summed E-state index contributed by atoms with van der Waals surface area (Å²) >= 11 is 0. The second kappa shape index (κ2) is 8.58. The lowest BCUT2D eigenvalue weighted by atomic mass is 9.73. The first-order valence-electron chi connectivity index (χ1n) is 13.6. The van der Waals surface area contributed by atoms with Crippen LogP contribution >= 0.6 is 0 Å². The molecule has 6 atom stereocenters. The zero-order chi connectivity index (χ0) is 23.4. The average Bonchev–Trinajstić information content (AvgIpc) is 3.13. The van der Waals surface area contributed by atoms with Crippen molar-refractivity contribution in [3.05, 3.63) is 71.3 Å². The SMILES string of the molecule is O=C1Nc2ccccc2[C@]12C[C@H]2C1CCC2C(/C=C/c3ccc(CN4CCCC4)cc3)NNC2C1. The number of hydrogen-bond donors (Lipinski definition) is 3. The van der Waals surface area contributed by atoms with Gasteiger partial charge in [-0.25, -0.2) is 0 Å². The summed E-state index contributed by atoms with van der Waals surface area (Å²) in [6.45, 7) is 3.57. The highest BCUT2D eigenvalue weighted by molar-refractivity contribution is 6.08. The van der Waals surface area contributed by atoms with E-state index in [1.165, 1.54) is 55.5 Å². The molecule has 4 unspecified atom stereocenters. The van der Waals surface area contributed by atoms with Crippen LogP contribution < -0.4 is 16.2 Å². The first kappa shape index (κ1) is 21.8. The molecule has 0 bridgehead atoms. The maximum absolute atomic E-state index is 12.9. The van der Waals surface area contributed by atoms with E-state index in [1.54, 1.807) is 0 Å². The van der Waals surface area contributed by atoms with Crippen LogP contribution in [0.15, 0.2) is 54.6 Å². The Morgan fingerprint density at radius 1 is 1.00 bits per heavy atom. The molecule has 2 aromatic carbocycles. The fraction of sp³-hybridized carbons (Fsp3) is 0.500. The number of anilines is 1. The molecule has 7 rings (SSSR count). The molecule has 2 saturated heterocycles. The fourth-order valence-corrected chi connectivity index (χ4v) is 7.60. The van der Waals surface area contributed by atoms with Crippen molar-refractivity contribution in [2.75, 3.05) is 18.4 Å². The Bertz CT molecular complexity index is 1140. The maximum atomic E-state index is 12.9. The third-order valence-corrected chi connectivity index (χ3v) is 9.57. The van der Waals surface area contributed by atoms with E-state index in [0.717, 1.165) is 25.1 Å². The van der Waals surface area contributed by atoms with Crippen molar-refractivity contribution in [1.82, 2.24) is 15.8 Å². The first-order valence-corrected chi connectivity index (χ1v) is 13.6. The van der Waals surface area contributed by atoms with Gasteiger partial charge in [0.2, 0.25) is 5.91 Å². The number of benzene rings is 2. The largest absolute Gasteiger partial charge is 0.325 e. The maximum Gasteiger partial charge on any atom is 0.235 e. The minimum atomic E-state index is -0.250. The highest BCUT2D eigenvalue weighted by atomic mass is 16.2. The van der Waals surface area contributed by atoms with Gasteiger partial charge in [0.15, 0.2) is 0 Å². The van der Waals surface area contributed by atoms with E-state index in [2.05, 4.69) is 75.7 Å². The van der Waals surface area contributed by atoms with Crippen LogP contribution in [-0.4, -0.2) is 36.0 Å². The normalized spacial score (nSPS) is 36.0. The summed E-state index contributed by atoms with van der Waals surface area (Å²) in [5, 5.41) is 3.15. The van der Waals surface area contributed by atoms with Gasteiger partial charge in [-0.3, -0.25) is 20.5 Å². The molecule has 3 N–H and O–H groups in total. The Morgan fingerprint density at radius 3 is 2.69 bits per heavy atom. The molecule has 2 saturated carbocycles. The summed E-state index contributed by atoms with van der Waals surface area (Å²) in [7, 11) is 0. The van der Waals surface area contributed by atoms with Crippen molar-refractivity contribution < 1.29 is 4.79 Å². The summed E-state index contributed by atoms with van der Waals surface area (Å²) in [5.41, 5.74) is 11.9. The molecule has 5 aliphatic rings. The van der Waals surface area contributed by atoms with E-state index in [1.807, 2.05) is 6.07 Å². The second-order valence-electron chi connectivity index (χ2n) is 11.5. The molecule has 3 heterocycles. The molecule has 2 aliphatic carbocycles. The van der Waals surface area contributed by atoms with Gasteiger partial charge in [-0.15, -0.1) is 0 Å². The monoisotopic (exact) mass is 468 g/mol. The fourth-order valence-electron chi connectivity index (χ4n) is 7.60. The van der Waals surface area contributed by atoms with Crippen LogP contribution in [0.1, 0.15) is 55.2 Å². The third kappa shape index (κ3) is 3.76. The number of nitrogens with one attached hydrogen (secondary N) is 3. The van der Waals surface area contributed by atoms with Crippen LogP contribution in [0.5, 0.6) is 0 Å². The van der Waals surface area contributed by atoms with Crippen molar-refractivity contribution >= 4 is 17.7 Å². The molecular weight excluding hydrogens is 432 g/mol. The predicted molar refractivity (Wildman–Crippen MR) is 140 cm³/mol. The Hall–Kier alpha value is -2.47. The molecule has 182 valence electrons. The van der Waals surface area contributed by atoms with Gasteiger partial charge in [0.25, 0.3) is 0 Å². The van der Waals surface area contributed by atoms with E-state index < -0.39 is 0 Å². The molecular formula is C30H36N4O. The highest BCUT2D eigenvalue weighted by Crippen LogP contribution is 2.64. The standard InChI is InChI=1S/C30H36N4O/c35-29-30(24-5-1-2-6-27(24)31-29)18-25(30)22-12-13-23-26(32-33-28(23)17-22)14-11-20-7-9-21(10-8-20)19-34-15-3-4-16-34/h1-2,5-11,14,22-23,25-26,28,32-33H,3-4,12-13,15-19H2,(H,31,35)/b14-11+/t22?,23?,25-,26?,28?,30-/m0/s1. The summed E-state index contributed by atoms with van der Waals surface area (Å²) < 4.78 is 0. The number of nitrogens with zero attached hydrogens (tertiary/aromatic N) is 1. The number of likely N-dealkylation sites (tertiary alicyclic amines) is 1. The van der Waals surface area contributed by atoms with Crippen molar-refractivity contribution in [3.8, 4) is 0 Å². The lowest BCUT2D eigenvalue weighted by Crippen LogP contribution is -2.37. The summed E-state index contributed by atoms with van der Waals surface area (Å²) in [4.78, 5) is 15.5. The zero-order valence-corrected chi connectivity index (χ0v) is 20.4. The van der Waals surface area contributed by atoms with Crippen LogP contribution in [-0.2, 0) is 16.8 Å². The van der Waals surface area contributed by atoms with Crippen LogP contribution in [0.3, 0.4) is 0 Å². The highest BCUT2D eigenvalue weighted by Gasteiger charge is 2.67. The number of hydrazine groups is 1. The molecule has 2 aromatic rings. The van der Waals surface area contributed by atoms with Crippen molar-refractivity contribution in [3.63, 3.8) is 0 Å². The van der Waals surface area contributed by atoms with Gasteiger partial charge in [-0.05, 0) is 92.1 Å². The smallest absolute Gasteiger partial charge is 0.235 e. The molecule has 4 fully saturated rings. The quantitative estimate of drug-likeness (QED) is 0.606. The third-order valence-electron chi connectivity index (χ3n) is 9.57. The van der Waals surface area contributed by atoms with Crippen molar-refractivity contribution in [1.29, 1.82) is 0 Å². The average molecular weight is 469 g/mol. The number of carbonyl (C=O) groups is 1. The predicted octanol–water partition coefficient (Wildman–Crippen LogP) is 4.47. The van der Waals surface area contributed by atoms with E-state index in [4.69, 9.17) is 0 Å². The van der Waals surface area contributed by atoms with Gasteiger partial charge >= 0.3 is 0 Å². The summed E-state index contributed by atoms with van der Waals surface area (Å²) in [5.74, 6) is 1.96. The Balaban J connectivity index is 0.970. The Kier molecular flexibility index (Phi) is 5.34. The number of hydrogen-bond acceptors (Lipinski definition) is 4. The molecule has 5 heteroatoms. The minimum Gasteiger partial charge on any atom is -0.325 e. The van der Waals surface area contributed by atoms with E-state index in [-0.39, 0.29) is 11.3 Å². The van der Waals surface area contributed by atoms with Gasteiger partial charge in [0.05, 0.1) is 5.41 Å². The topological polar surface area (TPSA) is 56.4 Å². The van der Waals surface area contributed by atoms with Gasteiger partial charge in [-0.1, -0.05) is 54.6 Å². The van der Waals surface area contributed by atoms with Gasteiger partial charge in [0.1, 0.15) is 0 Å². The van der Waals surface area contributed by atoms with E-state index in [9.17, 15) is 4.79 Å². The van der Waals surface area contributed by atoms with Crippen LogP contribution in [0.2, 0.25) is 0 Å². The number of carbonyl (C=O) groups excluding carboxylic acids is 1. The Morgan fingerprint density at radius 2 is 1.83 bits per heavy atom. The zero-order valence-electron chi connectivity index (χ0n) is 20.4. The van der Waals surface area contributed by atoms with Crippen LogP contribution in [0, 0.1) is 17.8 Å². The van der Waals surface area contributed by atoms with E-state index in [0.29, 0.717) is 29.8 Å². The van der Waals surface area contributed by atoms with Gasteiger partial charge < -0.3 is 5.32 Å². The number of rotatable bonds is 5. The number of amides is 1. The van der Waals surface area contributed by atoms with Crippen LogP contribution in [0.25, 0.3) is 6.08 Å². The van der Waals surface area contributed by atoms with Crippen LogP contribution in [0.4, 0.5) is 5.69 Å². The summed E-state index contributed by atoms with van der Waals surface area (Å²) in [6, 6.07) is 18.3. The van der Waals surface area contributed by atoms with Gasteiger partial charge in [0, 0.05) is 24.3 Å². The molecule has 1 amide bonds. The number of para-hydroxylation sites is 1. The lowest BCUT2D eigenvalue weighted by Gasteiger charge is -2.33. The molecule has 0 radical (unpaired) electrons. The number of fused-ring (bicyclic) bond motifs is 3. The molecule has 1 spiro atoms. The van der Waals surface area contributed by atoms with Gasteiger partial charge in [-0.2, -0.15) is 0 Å². The molecule has 5 nitrogen and oxygen atoms in total. The molecule has 35 heavy (non-hydrogen) atoms. The lowest BCUT2D eigenvalue weighted by molar-refractivity contribution is -0.118. The van der Waals surface area contributed by atoms with Crippen molar-refractivity contribution in [2.24, 2.45) is 17.8 Å². The Labute approximate surface area is 208 Å². The molecule has 0 aromatic heterocycles. The summed E-state index contributed by atoms with van der Waals surface area (Å²) in [6.07, 6.45) is 11.9. The first-order chi connectivity index (χ1) is 17.2. The molecule has 3 aliphatic heterocycles.